The van der Waals surface area contributed by atoms with Crippen molar-refractivity contribution in [3.63, 3.8) is 0 Å². The summed E-state index contributed by atoms with van der Waals surface area (Å²) in [6.07, 6.45) is 5.49. The summed E-state index contributed by atoms with van der Waals surface area (Å²) in [7, 11) is 0. The van der Waals surface area contributed by atoms with E-state index >= 15 is 0 Å². The maximum atomic E-state index is 12.4. The highest BCUT2D eigenvalue weighted by Gasteiger charge is 2.34. The van der Waals surface area contributed by atoms with Gasteiger partial charge in [0, 0.05) is 144 Å². The fourth-order valence-corrected chi connectivity index (χ4v) is 14.8. The molecule has 0 aliphatic heterocycles. The van der Waals surface area contributed by atoms with Crippen LogP contribution in [0.25, 0.3) is 0 Å². The molecule has 120 heavy (non-hydrogen) atoms. The molecule has 2 aliphatic carbocycles. The van der Waals surface area contributed by atoms with Gasteiger partial charge < -0.3 is 48.1 Å². The molecular weight excluding hydrogens is 1530 g/mol. The van der Waals surface area contributed by atoms with Crippen molar-refractivity contribution < 1.29 is 77.4 Å². The Hall–Kier alpha value is -11.3. The normalized spacial score (nSPS) is 12.6. The molecule has 0 fully saturated rings. The number of fused-ring (bicyclic) bond motifs is 16. The lowest BCUT2D eigenvalue weighted by molar-refractivity contribution is -0.385. The number of nitro groups is 4. The fourth-order valence-electron chi connectivity index (χ4n) is 14.8. The molecule has 10 rings (SSSR count). The fraction of sp³-hybridized carbons (Fsp3) is 0.479. The summed E-state index contributed by atoms with van der Waals surface area (Å²) >= 11 is 0. The highest BCUT2D eigenvalue weighted by Crippen LogP contribution is 2.48. The molecule has 0 saturated heterocycles. The van der Waals surface area contributed by atoms with Crippen LogP contribution in [0, 0.1) is 40.5 Å². The lowest BCUT2D eigenvalue weighted by Gasteiger charge is -2.29. The van der Waals surface area contributed by atoms with Crippen molar-refractivity contribution in [2.24, 2.45) is 0 Å². The van der Waals surface area contributed by atoms with Crippen molar-refractivity contribution in [2.75, 3.05) is 52.9 Å². The zero-order valence-corrected chi connectivity index (χ0v) is 71.8. The van der Waals surface area contributed by atoms with Crippen molar-refractivity contribution in [3.8, 4) is 46.0 Å². The van der Waals surface area contributed by atoms with Gasteiger partial charge in [0.1, 0.15) is 46.0 Å². The first kappa shape index (κ1) is 95.8. The molecule has 0 saturated carbocycles. The number of hydrogen-bond acceptors (Lipinski definition) is 18. The lowest BCUT2D eigenvalue weighted by Crippen LogP contribution is -2.18. The Morgan fingerprint density at radius 2 is 0.392 bits per heavy atom. The van der Waals surface area contributed by atoms with E-state index in [1.807, 2.05) is 20.8 Å². The quantitative estimate of drug-likeness (QED) is 0.0340. The summed E-state index contributed by atoms with van der Waals surface area (Å²) in [6.45, 7) is 40.1. The van der Waals surface area contributed by atoms with Crippen molar-refractivity contribution in [3.05, 3.63) is 249 Å². The smallest absolute Gasteiger partial charge is 0.341 e. The average molecular weight is 1650 g/mol. The van der Waals surface area contributed by atoms with Crippen LogP contribution in [0.5, 0.6) is 46.0 Å². The van der Waals surface area contributed by atoms with Crippen LogP contribution in [0.15, 0.2) is 97.1 Å². The predicted molar refractivity (Wildman–Crippen MR) is 470 cm³/mol. The Bertz CT molecular complexity index is 4810. The van der Waals surface area contributed by atoms with Crippen LogP contribution >= 0.6 is 0 Å². The minimum atomic E-state index is -1.36. The number of aliphatic carboxylic acids is 2. The Morgan fingerprint density at radius 3 is 0.500 bits per heavy atom. The molecule has 2 aliphatic rings. The predicted octanol–water partition coefficient (Wildman–Crippen LogP) is 22.5. The summed E-state index contributed by atoms with van der Waals surface area (Å²) in [6, 6.07) is 28.5. The number of carbonyl (C=O) groups is 2. The summed E-state index contributed by atoms with van der Waals surface area (Å²) in [5.74, 6) is 1.46. The van der Waals surface area contributed by atoms with Gasteiger partial charge in [-0.25, -0.2) is 9.59 Å². The summed E-state index contributed by atoms with van der Waals surface area (Å²) in [5, 5.41) is 69.3. The molecule has 0 heterocycles. The molecule has 24 heteroatoms. The summed E-state index contributed by atoms with van der Waals surface area (Å²) in [4.78, 5) is 71.3. The summed E-state index contributed by atoms with van der Waals surface area (Å²) < 4.78 is 51.7. The monoisotopic (exact) mass is 1650 g/mol. The molecule has 2 N–H and O–H groups in total. The molecule has 24 nitrogen and oxygen atoms in total. The van der Waals surface area contributed by atoms with Gasteiger partial charge in [0.25, 0.3) is 22.7 Å². The van der Waals surface area contributed by atoms with Gasteiger partial charge >= 0.3 is 11.9 Å². The standard InChI is InChI=1S/C55H76O6.C39H40N4O14.2CH4/c1-16-19-58-48-35-22-37-28-44(53(7,8)9)30-39(49(37)59-20-17-2)24-41-32-46(55(13,14)15)33-42(51(41)61-34-47(56)57)25-40-31-45(54(10,11)12)29-38(50(40)60-21-18-3)23-36(48)27-43(26-35)52(4,5)6;1-4-7-54-36-23-10-25-16-32(41(48)49)18-27(37(25)55-8-5-2)12-29-20-34(43(52)53)21-30(39(29)57-22-35(44)45)13-28-19-33(42(50)51)17-26(38(28)56-9-6-3)11-24(36)15-31(14-23)40(46)47;;/h26-33H,16-25,34H2,1-15H3,(H,56,57);14-21H,4-13,22H2,1-3H3,(H,44,45);2*1H4. The topological polar surface area (TPSA) is 321 Å². The van der Waals surface area contributed by atoms with Crippen LogP contribution < -0.4 is 37.9 Å². The number of nitrogens with zero attached hydrogens (tertiary/aromatic N) is 4. The molecule has 0 unspecified atom stereocenters. The second kappa shape index (κ2) is 41.1. The average Bonchev–Trinajstić information content (AvgIpc) is 0.816. The van der Waals surface area contributed by atoms with Gasteiger partial charge in [-0.3, -0.25) is 40.5 Å². The number of hydrogen-bond donors (Lipinski definition) is 2. The first-order valence-corrected chi connectivity index (χ1v) is 41.0. The minimum absolute atomic E-state index is 0. The SMILES string of the molecule is C.C.CCCOc1c2cc(C(C)(C)C)cc1Cc1cc(C(C)(C)C)cc(c1OCCC)Cc1cc(C(C)(C)C)cc(c1OCC(=O)O)Cc1cc(C(C)(C)C)cc(c1OCCC)C2.CCCOc1c2cc([N+](=O)[O-])cc1Cc1cc([N+](=O)[O-])cc(c1OCCC)Cc1cc([N+](=O)[O-])cc(c1OCC(=O)O)Cc1cc([N+](=O)[O-])cc(c1OCCC)C2. The first-order valence-electron chi connectivity index (χ1n) is 41.0. The molecule has 0 spiro atoms. The molecule has 0 aromatic heterocycles. The third-order valence-electron chi connectivity index (χ3n) is 20.6. The molecule has 0 atom stereocenters. The number of non-ortho nitro benzene ring substituents is 4. The van der Waals surface area contributed by atoms with E-state index in [-0.39, 0.29) is 167 Å². The molecule has 16 bridgehead atoms. The molecule has 0 radical (unpaired) electrons. The summed E-state index contributed by atoms with van der Waals surface area (Å²) in [5.41, 5.74) is 12.9. The van der Waals surface area contributed by atoms with Gasteiger partial charge in [0.2, 0.25) is 0 Å². The van der Waals surface area contributed by atoms with Crippen LogP contribution in [0.4, 0.5) is 22.7 Å². The van der Waals surface area contributed by atoms with Gasteiger partial charge in [-0.05, 0) is 127 Å². The second-order valence-corrected chi connectivity index (χ2v) is 34.8. The van der Waals surface area contributed by atoms with Crippen molar-refractivity contribution in [1.82, 2.24) is 0 Å². The highest BCUT2D eigenvalue weighted by atomic mass is 16.6. The van der Waals surface area contributed by atoms with E-state index in [1.165, 1.54) is 65.2 Å². The van der Waals surface area contributed by atoms with E-state index in [0.717, 1.165) is 86.6 Å². The van der Waals surface area contributed by atoms with Crippen LogP contribution in [0.1, 0.15) is 289 Å². The van der Waals surface area contributed by atoms with Crippen molar-refractivity contribution in [1.29, 1.82) is 0 Å². The number of carboxylic acid groups (broad SMARTS) is 2. The minimum Gasteiger partial charge on any atom is -0.493 e. The van der Waals surface area contributed by atoms with E-state index in [0.29, 0.717) is 70.5 Å². The number of carboxylic acids is 2. The number of benzene rings is 8. The van der Waals surface area contributed by atoms with E-state index in [9.17, 15) is 60.3 Å². The second-order valence-electron chi connectivity index (χ2n) is 34.8. The zero-order chi connectivity index (χ0) is 86.5. The van der Waals surface area contributed by atoms with Gasteiger partial charge in [0.15, 0.2) is 13.2 Å². The highest BCUT2D eigenvalue weighted by molar-refractivity contribution is 5.70. The third-order valence-corrected chi connectivity index (χ3v) is 20.6. The van der Waals surface area contributed by atoms with Crippen molar-refractivity contribution in [2.45, 2.75) is 251 Å². The van der Waals surface area contributed by atoms with Gasteiger partial charge in [-0.2, -0.15) is 0 Å². The maximum absolute atomic E-state index is 12.4. The number of rotatable bonds is 28. The number of ether oxygens (including phenoxy) is 8. The molecular formula is C96H124N4O20. The first-order chi connectivity index (χ1) is 55.7. The van der Waals surface area contributed by atoms with Gasteiger partial charge in [-0.15, -0.1) is 0 Å². The Labute approximate surface area is 707 Å². The molecule has 8 aromatic rings. The van der Waals surface area contributed by atoms with E-state index in [4.69, 9.17) is 37.9 Å². The van der Waals surface area contributed by atoms with Gasteiger partial charge in [0.05, 0.1) is 59.3 Å². The largest absolute Gasteiger partial charge is 0.493 e. The van der Waals surface area contributed by atoms with Crippen molar-refractivity contribution >= 4 is 34.7 Å². The van der Waals surface area contributed by atoms with Crippen LogP contribution in [0.3, 0.4) is 0 Å². The maximum Gasteiger partial charge on any atom is 0.341 e. The van der Waals surface area contributed by atoms with E-state index in [2.05, 4.69) is 152 Å². The van der Waals surface area contributed by atoms with Crippen LogP contribution in [-0.2, 0) is 82.6 Å². The van der Waals surface area contributed by atoms with Crippen LogP contribution in [0.2, 0.25) is 0 Å². The number of nitro benzene ring substituents is 4. The van der Waals surface area contributed by atoms with Crippen LogP contribution in [-0.4, -0.2) is 94.7 Å². The Morgan fingerprint density at radius 1 is 0.267 bits per heavy atom. The van der Waals surface area contributed by atoms with Gasteiger partial charge in [-0.1, -0.05) is 188 Å². The third kappa shape index (κ3) is 24.0. The Kier molecular flexibility index (Phi) is 32.8. The lowest BCUT2D eigenvalue weighted by atomic mass is 9.79. The molecule has 8 aromatic carbocycles. The molecule has 648 valence electrons. The molecule has 0 amide bonds. The zero-order valence-electron chi connectivity index (χ0n) is 71.8. The van der Waals surface area contributed by atoms with E-state index < -0.39 is 50.5 Å². The Balaban J connectivity index is 0.000000326. The van der Waals surface area contributed by atoms with E-state index in [1.54, 1.807) is 0 Å².